The molecule has 1 unspecified atom stereocenters. The van der Waals surface area contributed by atoms with E-state index in [-0.39, 0.29) is 29.4 Å². The van der Waals surface area contributed by atoms with Crippen molar-refractivity contribution < 1.29 is 19.4 Å². The Balaban J connectivity index is 1.28. The van der Waals surface area contributed by atoms with Crippen LogP contribution in [0.4, 0.5) is 4.79 Å². The third-order valence-electron chi connectivity index (χ3n) is 7.04. The largest absolute Gasteiger partial charge is 0.481 e. The van der Waals surface area contributed by atoms with Gasteiger partial charge in [-0.2, -0.15) is 0 Å². The molecule has 1 amide bonds. The Kier molecular flexibility index (Phi) is 4.16. The number of aliphatic carboxylic acids is 1. The summed E-state index contributed by atoms with van der Waals surface area (Å²) in [4.78, 5) is 25.8. The van der Waals surface area contributed by atoms with Gasteiger partial charge in [-0.3, -0.25) is 4.79 Å². The lowest BCUT2D eigenvalue weighted by molar-refractivity contribution is -0.149. The van der Waals surface area contributed by atoms with Crippen LogP contribution in [-0.4, -0.2) is 41.3 Å². The van der Waals surface area contributed by atoms with Crippen LogP contribution in [-0.2, 0) is 9.53 Å². The molecule has 1 heterocycles. The minimum absolute atomic E-state index is 0.0337. The number of carbonyl (C=O) groups is 2. The molecular formula is C24H25NO4. The van der Waals surface area contributed by atoms with Crippen LogP contribution in [0.1, 0.15) is 43.2 Å². The second kappa shape index (κ2) is 6.61. The number of nitrogens with zero attached hydrogens (tertiary/aromatic N) is 1. The van der Waals surface area contributed by atoms with Crippen molar-refractivity contribution in [1.29, 1.82) is 0 Å². The third-order valence-corrected chi connectivity index (χ3v) is 7.04. The lowest BCUT2D eigenvalue weighted by Crippen LogP contribution is -2.44. The first-order chi connectivity index (χ1) is 14.0. The van der Waals surface area contributed by atoms with Crippen molar-refractivity contribution in [3.63, 3.8) is 0 Å². The summed E-state index contributed by atoms with van der Waals surface area (Å²) in [5.41, 5.74) is 4.80. The van der Waals surface area contributed by atoms with E-state index in [0.717, 1.165) is 6.42 Å². The van der Waals surface area contributed by atoms with Crippen molar-refractivity contribution >= 4 is 12.1 Å². The van der Waals surface area contributed by atoms with Gasteiger partial charge >= 0.3 is 12.1 Å². The average Bonchev–Trinajstić information content (AvgIpc) is 3.21. The van der Waals surface area contributed by atoms with Gasteiger partial charge in [-0.25, -0.2) is 4.79 Å². The van der Waals surface area contributed by atoms with Gasteiger partial charge in [0.05, 0.1) is 5.92 Å². The van der Waals surface area contributed by atoms with Crippen LogP contribution in [0.2, 0.25) is 0 Å². The fourth-order valence-electron chi connectivity index (χ4n) is 5.70. The van der Waals surface area contributed by atoms with Crippen molar-refractivity contribution in [2.45, 2.75) is 38.1 Å². The van der Waals surface area contributed by atoms with Crippen LogP contribution in [0.15, 0.2) is 48.5 Å². The summed E-state index contributed by atoms with van der Waals surface area (Å²) < 4.78 is 5.80. The molecule has 5 rings (SSSR count). The molecule has 0 bridgehead atoms. The lowest BCUT2D eigenvalue weighted by atomic mass is 9.61. The van der Waals surface area contributed by atoms with Crippen molar-refractivity contribution in [2.75, 3.05) is 13.2 Å². The number of amides is 1. The number of fused-ring (bicyclic) bond motifs is 3. The minimum atomic E-state index is -0.720. The molecular weight excluding hydrogens is 366 g/mol. The highest BCUT2D eigenvalue weighted by atomic mass is 16.6. The number of rotatable bonds is 3. The standard InChI is InChI=1S/C24H25NO4/c1-15-10-24(11-16(12-24)22(26)27)14-25(15)23(28)29-13-21-19-8-4-2-6-17(19)18-7-3-5-9-20(18)21/h2-9,15-16,21H,10-14H2,1H3,(H,26,27). The predicted molar refractivity (Wildman–Crippen MR) is 109 cm³/mol. The molecule has 1 spiro atoms. The van der Waals surface area contributed by atoms with Crippen LogP contribution < -0.4 is 0 Å². The minimum Gasteiger partial charge on any atom is -0.481 e. The molecule has 0 radical (unpaired) electrons. The Morgan fingerprint density at radius 3 is 2.21 bits per heavy atom. The van der Waals surface area contributed by atoms with Gasteiger partial charge in [0.15, 0.2) is 0 Å². The fraction of sp³-hybridized carbons (Fsp3) is 0.417. The highest BCUT2D eigenvalue weighted by Crippen LogP contribution is 2.53. The average molecular weight is 391 g/mol. The van der Waals surface area contributed by atoms with E-state index in [9.17, 15) is 14.7 Å². The zero-order valence-electron chi connectivity index (χ0n) is 16.5. The van der Waals surface area contributed by atoms with Crippen molar-refractivity contribution in [3.8, 4) is 11.1 Å². The monoisotopic (exact) mass is 391 g/mol. The van der Waals surface area contributed by atoms with Crippen LogP contribution in [0.25, 0.3) is 11.1 Å². The Morgan fingerprint density at radius 1 is 1.03 bits per heavy atom. The molecule has 2 fully saturated rings. The van der Waals surface area contributed by atoms with E-state index in [0.29, 0.717) is 26.0 Å². The van der Waals surface area contributed by atoms with Crippen molar-refractivity contribution in [3.05, 3.63) is 59.7 Å². The second-order valence-corrected chi connectivity index (χ2v) is 8.93. The van der Waals surface area contributed by atoms with E-state index in [1.807, 2.05) is 31.2 Å². The van der Waals surface area contributed by atoms with E-state index < -0.39 is 5.97 Å². The normalized spacial score (nSPS) is 27.4. The molecule has 5 nitrogen and oxygen atoms in total. The van der Waals surface area contributed by atoms with Crippen molar-refractivity contribution in [1.82, 2.24) is 4.90 Å². The summed E-state index contributed by atoms with van der Waals surface area (Å²) >= 11 is 0. The van der Waals surface area contributed by atoms with Gasteiger partial charge in [-0.05, 0) is 53.9 Å². The Hall–Kier alpha value is -2.82. The zero-order chi connectivity index (χ0) is 20.2. The molecule has 29 heavy (non-hydrogen) atoms. The lowest BCUT2D eigenvalue weighted by Gasteiger charge is -2.42. The number of hydrogen-bond donors (Lipinski definition) is 1. The molecule has 2 aromatic carbocycles. The smallest absolute Gasteiger partial charge is 0.410 e. The van der Waals surface area contributed by atoms with Crippen LogP contribution >= 0.6 is 0 Å². The van der Waals surface area contributed by atoms with Crippen LogP contribution in [0.3, 0.4) is 0 Å². The summed E-state index contributed by atoms with van der Waals surface area (Å²) in [6.07, 6.45) is 1.91. The fourth-order valence-corrected chi connectivity index (χ4v) is 5.70. The van der Waals surface area contributed by atoms with Gasteiger partial charge in [-0.15, -0.1) is 0 Å². The Labute approximate surface area is 170 Å². The highest BCUT2D eigenvalue weighted by molar-refractivity contribution is 5.79. The maximum Gasteiger partial charge on any atom is 0.410 e. The number of likely N-dealkylation sites (tertiary alicyclic amines) is 1. The van der Waals surface area contributed by atoms with Crippen molar-refractivity contribution in [2.24, 2.45) is 11.3 Å². The van der Waals surface area contributed by atoms with Gasteiger partial charge in [0.2, 0.25) is 0 Å². The first-order valence-electron chi connectivity index (χ1n) is 10.3. The summed E-state index contributed by atoms with van der Waals surface area (Å²) in [5, 5.41) is 9.18. The molecule has 1 N–H and O–H groups in total. The molecule has 2 aromatic rings. The van der Waals surface area contributed by atoms with Crippen LogP contribution in [0.5, 0.6) is 0 Å². The van der Waals surface area contributed by atoms with Crippen LogP contribution in [0, 0.1) is 11.3 Å². The van der Waals surface area contributed by atoms with E-state index in [4.69, 9.17) is 4.74 Å². The van der Waals surface area contributed by atoms with E-state index in [1.165, 1.54) is 22.3 Å². The first-order valence-corrected chi connectivity index (χ1v) is 10.3. The van der Waals surface area contributed by atoms with Gasteiger partial charge < -0.3 is 14.7 Å². The second-order valence-electron chi connectivity index (χ2n) is 8.93. The molecule has 3 aliphatic rings. The van der Waals surface area contributed by atoms with Gasteiger partial charge in [0, 0.05) is 18.5 Å². The molecule has 150 valence electrons. The van der Waals surface area contributed by atoms with E-state index >= 15 is 0 Å². The highest BCUT2D eigenvalue weighted by Gasteiger charge is 2.54. The molecule has 5 heteroatoms. The molecule has 2 aliphatic carbocycles. The summed E-state index contributed by atoms with van der Waals surface area (Å²) in [6.45, 7) is 2.96. The van der Waals surface area contributed by atoms with Gasteiger partial charge in [0.25, 0.3) is 0 Å². The number of ether oxygens (including phenoxy) is 1. The third kappa shape index (κ3) is 2.91. The summed E-state index contributed by atoms with van der Waals surface area (Å²) in [5.74, 6) is -0.925. The maximum absolute atomic E-state index is 12.9. The Bertz CT molecular complexity index is 933. The number of benzene rings is 2. The topological polar surface area (TPSA) is 66.8 Å². The first kappa shape index (κ1) is 18.2. The maximum atomic E-state index is 12.9. The van der Waals surface area contributed by atoms with E-state index in [2.05, 4.69) is 24.3 Å². The Morgan fingerprint density at radius 2 is 1.62 bits per heavy atom. The zero-order valence-corrected chi connectivity index (χ0v) is 16.5. The molecule has 1 aliphatic heterocycles. The quantitative estimate of drug-likeness (QED) is 0.836. The van der Waals surface area contributed by atoms with E-state index in [1.54, 1.807) is 4.90 Å². The molecule has 1 atom stereocenters. The summed E-state index contributed by atoms with van der Waals surface area (Å²) in [6, 6.07) is 16.7. The number of hydrogen-bond acceptors (Lipinski definition) is 3. The number of carbonyl (C=O) groups excluding carboxylic acids is 1. The molecule has 1 saturated heterocycles. The molecule has 0 aromatic heterocycles. The molecule has 1 saturated carbocycles. The summed E-state index contributed by atoms with van der Waals surface area (Å²) in [7, 11) is 0. The predicted octanol–water partition coefficient (Wildman–Crippen LogP) is 4.51. The number of carboxylic acid groups (broad SMARTS) is 1. The van der Waals surface area contributed by atoms with Gasteiger partial charge in [-0.1, -0.05) is 48.5 Å². The number of carboxylic acids is 1. The van der Waals surface area contributed by atoms with Gasteiger partial charge in [0.1, 0.15) is 6.61 Å². The SMILES string of the molecule is CC1CC2(CC(C(=O)O)C2)CN1C(=O)OCC1c2ccccc2-c2ccccc21.